The van der Waals surface area contributed by atoms with Crippen LogP contribution in [0.5, 0.6) is 0 Å². The number of amides is 1. The third-order valence-electron chi connectivity index (χ3n) is 6.82. The molecule has 2 saturated heterocycles. The van der Waals surface area contributed by atoms with Gasteiger partial charge in [0.05, 0.1) is 18.1 Å². The van der Waals surface area contributed by atoms with Gasteiger partial charge in [0.2, 0.25) is 5.91 Å². The molecule has 40 heavy (non-hydrogen) atoms. The fraction of sp³-hybridized carbons (Fsp3) is 0.286. The molecule has 0 spiro atoms. The van der Waals surface area contributed by atoms with Crippen LogP contribution >= 0.6 is 23.8 Å². The molecule has 2 aliphatic heterocycles. The van der Waals surface area contributed by atoms with Gasteiger partial charge in [-0.05, 0) is 66.8 Å². The molecule has 0 bridgehead atoms. The van der Waals surface area contributed by atoms with Crippen molar-refractivity contribution < 1.29 is 18.9 Å². The first-order valence-corrected chi connectivity index (χ1v) is 13.7. The van der Waals surface area contributed by atoms with Crippen molar-refractivity contribution in [3.63, 3.8) is 0 Å². The normalized spacial score (nSPS) is 15.9. The number of ether oxygens (including phenoxy) is 1. The Labute approximate surface area is 241 Å². The maximum absolute atomic E-state index is 12.5. The van der Waals surface area contributed by atoms with Crippen molar-refractivity contribution in [1.29, 1.82) is 0 Å². The van der Waals surface area contributed by atoms with Crippen LogP contribution in [0.4, 0.5) is 17.1 Å². The molecule has 3 aromatic rings. The number of nitro benzene ring substituents is 1. The zero-order valence-corrected chi connectivity index (χ0v) is 23.2. The van der Waals surface area contributed by atoms with Crippen LogP contribution in [0.15, 0.2) is 65.1 Å². The summed E-state index contributed by atoms with van der Waals surface area (Å²) in [5, 5.41) is 15.4. The second kappa shape index (κ2) is 12.5. The van der Waals surface area contributed by atoms with Crippen LogP contribution in [-0.2, 0) is 9.53 Å². The number of carbonyl (C=O) groups excluding carboxylic acids is 1. The number of nitro groups is 1. The lowest BCUT2D eigenvalue weighted by Gasteiger charge is -2.37. The number of halogens is 1. The highest BCUT2D eigenvalue weighted by atomic mass is 35.5. The summed E-state index contributed by atoms with van der Waals surface area (Å²) in [6, 6.07) is 16.2. The minimum atomic E-state index is -0.345. The Hall–Kier alpha value is -3.93. The third-order valence-corrected chi connectivity index (χ3v) is 7.44. The van der Waals surface area contributed by atoms with E-state index < -0.39 is 0 Å². The first kappa shape index (κ1) is 27.6. The first-order chi connectivity index (χ1) is 19.4. The molecule has 1 aromatic heterocycles. The fourth-order valence-corrected chi connectivity index (χ4v) is 5.09. The summed E-state index contributed by atoms with van der Waals surface area (Å²) in [6.07, 6.45) is 2.98. The van der Waals surface area contributed by atoms with E-state index in [1.54, 1.807) is 36.4 Å². The van der Waals surface area contributed by atoms with E-state index in [2.05, 4.69) is 10.2 Å². The fourth-order valence-electron chi connectivity index (χ4n) is 4.68. The van der Waals surface area contributed by atoms with Gasteiger partial charge < -0.3 is 23.9 Å². The molecule has 0 unspecified atom stereocenters. The maximum atomic E-state index is 12.5. The van der Waals surface area contributed by atoms with Crippen LogP contribution in [0.3, 0.4) is 0 Å². The minimum absolute atomic E-state index is 0.0944. The molecule has 0 aliphatic carbocycles. The Morgan fingerprint density at radius 3 is 2.40 bits per heavy atom. The number of thiocarbonyl (C=S) groups is 1. The molecule has 3 heterocycles. The summed E-state index contributed by atoms with van der Waals surface area (Å²) in [5.41, 5.74) is 2.51. The first-order valence-electron chi connectivity index (χ1n) is 12.9. The number of hydrogen-bond acceptors (Lipinski definition) is 8. The summed E-state index contributed by atoms with van der Waals surface area (Å²) in [5.74, 6) is 0.872. The Kier molecular flexibility index (Phi) is 8.63. The largest absolute Gasteiger partial charge is 0.457 e. The number of piperazine rings is 1. The molecule has 5 rings (SSSR count). The highest BCUT2D eigenvalue weighted by Crippen LogP contribution is 2.33. The van der Waals surface area contributed by atoms with Crippen molar-refractivity contribution in [2.24, 2.45) is 0 Å². The molecule has 1 N–H and O–H groups in total. The standard InChI is InChI=1S/C28H28ClN5O5S/c29-21-3-1-20(2-4-21)26-9-6-23(39-26)7-10-27(35)30-28(40)33-13-11-31(12-14-33)22-5-8-24(34(36)37)25(19-22)32-15-17-38-18-16-32/h1-10,19H,11-18H2,(H,30,35,40). The number of morpholine rings is 1. The predicted molar refractivity (Wildman–Crippen MR) is 159 cm³/mol. The molecule has 208 valence electrons. The molecule has 10 nitrogen and oxygen atoms in total. The van der Waals surface area contributed by atoms with Gasteiger partial charge >= 0.3 is 0 Å². The number of anilines is 2. The summed E-state index contributed by atoms with van der Waals surface area (Å²) >= 11 is 11.4. The van der Waals surface area contributed by atoms with E-state index in [1.807, 2.05) is 34.1 Å². The molecule has 1 amide bonds. The number of nitrogens with one attached hydrogen (secondary N) is 1. The van der Waals surface area contributed by atoms with Crippen molar-refractivity contribution in [2.45, 2.75) is 0 Å². The summed E-state index contributed by atoms with van der Waals surface area (Å²) in [7, 11) is 0. The minimum Gasteiger partial charge on any atom is -0.457 e. The van der Waals surface area contributed by atoms with E-state index in [0.29, 0.717) is 79.8 Å². The topological polar surface area (TPSA) is 104 Å². The maximum Gasteiger partial charge on any atom is 0.292 e. The molecule has 0 saturated carbocycles. The van der Waals surface area contributed by atoms with Crippen molar-refractivity contribution in [3.8, 4) is 11.3 Å². The predicted octanol–water partition coefficient (Wildman–Crippen LogP) is 4.58. The summed E-state index contributed by atoms with van der Waals surface area (Å²) in [6.45, 7) is 4.85. The number of rotatable bonds is 6. The van der Waals surface area contributed by atoms with Crippen LogP contribution in [0.25, 0.3) is 17.4 Å². The van der Waals surface area contributed by atoms with Crippen molar-refractivity contribution in [1.82, 2.24) is 10.2 Å². The van der Waals surface area contributed by atoms with Crippen LogP contribution in [0.1, 0.15) is 5.76 Å². The SMILES string of the molecule is O=C(C=Cc1ccc(-c2ccc(Cl)cc2)o1)NC(=S)N1CCN(c2ccc([N+](=O)[O-])c(N3CCOCC3)c2)CC1. The summed E-state index contributed by atoms with van der Waals surface area (Å²) < 4.78 is 11.2. The van der Waals surface area contributed by atoms with E-state index in [1.165, 1.54) is 6.08 Å². The van der Waals surface area contributed by atoms with Gasteiger partial charge in [-0.25, -0.2) is 0 Å². The average molecular weight is 582 g/mol. The van der Waals surface area contributed by atoms with Gasteiger partial charge in [-0.3, -0.25) is 20.2 Å². The Balaban J connectivity index is 1.14. The van der Waals surface area contributed by atoms with Crippen LogP contribution in [0.2, 0.25) is 5.02 Å². The Bertz CT molecular complexity index is 1410. The molecule has 0 atom stereocenters. The van der Waals surface area contributed by atoms with E-state index in [4.69, 9.17) is 33.0 Å². The second-order valence-corrected chi connectivity index (χ2v) is 10.2. The van der Waals surface area contributed by atoms with Crippen LogP contribution in [-0.4, -0.2) is 73.3 Å². The number of hydrogen-bond donors (Lipinski definition) is 1. The van der Waals surface area contributed by atoms with Gasteiger partial charge in [0.15, 0.2) is 5.11 Å². The third kappa shape index (κ3) is 6.61. The lowest BCUT2D eigenvalue weighted by Crippen LogP contribution is -2.52. The monoisotopic (exact) mass is 581 g/mol. The van der Waals surface area contributed by atoms with Gasteiger partial charge in [0.1, 0.15) is 17.2 Å². The number of furan rings is 1. The second-order valence-electron chi connectivity index (χ2n) is 9.34. The van der Waals surface area contributed by atoms with Crippen molar-refractivity contribution >= 4 is 58.0 Å². The van der Waals surface area contributed by atoms with Gasteiger partial charge in [-0.15, -0.1) is 0 Å². The zero-order valence-electron chi connectivity index (χ0n) is 21.6. The average Bonchev–Trinajstić information content (AvgIpc) is 3.46. The highest BCUT2D eigenvalue weighted by molar-refractivity contribution is 7.80. The van der Waals surface area contributed by atoms with E-state index in [0.717, 1.165) is 11.3 Å². The zero-order chi connectivity index (χ0) is 28.1. The van der Waals surface area contributed by atoms with Gasteiger partial charge in [0.25, 0.3) is 5.69 Å². The van der Waals surface area contributed by atoms with Gasteiger partial charge in [-0.2, -0.15) is 0 Å². The van der Waals surface area contributed by atoms with E-state index in [-0.39, 0.29) is 16.5 Å². The number of benzene rings is 2. The Morgan fingerprint density at radius 1 is 0.975 bits per heavy atom. The van der Waals surface area contributed by atoms with Crippen molar-refractivity contribution in [2.75, 3.05) is 62.3 Å². The molecule has 12 heteroatoms. The lowest BCUT2D eigenvalue weighted by atomic mass is 10.1. The number of nitrogens with zero attached hydrogens (tertiary/aromatic N) is 4. The highest BCUT2D eigenvalue weighted by Gasteiger charge is 2.25. The van der Waals surface area contributed by atoms with Gasteiger partial charge in [0, 0.05) is 67.7 Å². The number of carbonyl (C=O) groups is 1. The van der Waals surface area contributed by atoms with Crippen molar-refractivity contribution in [3.05, 3.63) is 81.6 Å². The smallest absolute Gasteiger partial charge is 0.292 e. The lowest BCUT2D eigenvalue weighted by molar-refractivity contribution is -0.384. The van der Waals surface area contributed by atoms with E-state index >= 15 is 0 Å². The molecular formula is C28H28ClN5O5S. The van der Waals surface area contributed by atoms with Gasteiger partial charge in [-0.1, -0.05) is 11.6 Å². The molecule has 0 radical (unpaired) electrons. The van der Waals surface area contributed by atoms with Crippen LogP contribution in [0, 0.1) is 10.1 Å². The molecule has 2 fully saturated rings. The quantitative estimate of drug-likeness (QED) is 0.194. The molecule has 2 aromatic carbocycles. The van der Waals surface area contributed by atoms with E-state index in [9.17, 15) is 14.9 Å². The molecular weight excluding hydrogens is 554 g/mol. The Morgan fingerprint density at radius 2 is 1.70 bits per heavy atom. The van der Waals surface area contributed by atoms with Crippen LogP contribution < -0.4 is 15.1 Å². The summed E-state index contributed by atoms with van der Waals surface area (Å²) in [4.78, 5) is 29.9. The molecule has 2 aliphatic rings.